The maximum atomic E-state index is 11.9. The molecule has 1 aromatic carbocycles. The third-order valence-corrected chi connectivity index (χ3v) is 3.09. The zero-order chi connectivity index (χ0) is 12.4. The molecular formula is C11H15ClN4O. The van der Waals surface area contributed by atoms with Crippen LogP contribution < -0.4 is 16.5 Å². The number of amides is 1. The third-order valence-electron chi connectivity index (χ3n) is 2.76. The standard InChI is InChI=1S/C11H15ClN4O/c1-16-6-5-9(15-16)11(17)14-8-4-2-3-7(12)10(8)13/h2-4,9,15H,5-6,13H2,1H3,(H,14,17). The van der Waals surface area contributed by atoms with Crippen molar-refractivity contribution in [3.8, 4) is 0 Å². The normalized spacial score (nSPS) is 20.5. The molecule has 1 amide bonds. The Balaban J connectivity index is 2.06. The second kappa shape index (κ2) is 4.91. The second-order valence-corrected chi connectivity index (χ2v) is 4.49. The molecule has 2 rings (SSSR count). The van der Waals surface area contributed by atoms with E-state index in [-0.39, 0.29) is 11.9 Å². The van der Waals surface area contributed by atoms with Crippen LogP contribution in [0.1, 0.15) is 6.42 Å². The first-order valence-electron chi connectivity index (χ1n) is 5.40. The summed E-state index contributed by atoms with van der Waals surface area (Å²) in [6.07, 6.45) is 0.781. The molecule has 0 radical (unpaired) electrons. The zero-order valence-electron chi connectivity index (χ0n) is 9.53. The van der Waals surface area contributed by atoms with Crippen molar-refractivity contribution in [2.24, 2.45) is 0 Å². The first-order valence-corrected chi connectivity index (χ1v) is 5.78. The average Bonchev–Trinajstić information content (AvgIpc) is 2.72. The highest BCUT2D eigenvalue weighted by Gasteiger charge is 2.25. The Bertz CT molecular complexity index is 437. The molecule has 17 heavy (non-hydrogen) atoms. The van der Waals surface area contributed by atoms with Gasteiger partial charge in [-0.05, 0) is 18.6 Å². The van der Waals surface area contributed by atoms with Crippen LogP contribution >= 0.6 is 11.6 Å². The van der Waals surface area contributed by atoms with Gasteiger partial charge in [0.05, 0.1) is 16.4 Å². The van der Waals surface area contributed by atoms with Crippen LogP contribution in [0, 0.1) is 0 Å². The number of hydrogen-bond acceptors (Lipinski definition) is 4. The zero-order valence-corrected chi connectivity index (χ0v) is 10.3. The quantitative estimate of drug-likeness (QED) is 0.691. The first-order chi connectivity index (χ1) is 8.08. The van der Waals surface area contributed by atoms with E-state index >= 15 is 0 Å². The summed E-state index contributed by atoms with van der Waals surface area (Å²) in [5.41, 5.74) is 9.79. The predicted octanol–water partition coefficient (Wildman–Crippen LogP) is 1.07. The van der Waals surface area contributed by atoms with E-state index in [0.717, 1.165) is 13.0 Å². The number of halogens is 1. The van der Waals surface area contributed by atoms with Crippen LogP contribution in [-0.2, 0) is 4.79 Å². The lowest BCUT2D eigenvalue weighted by molar-refractivity contribution is -0.118. The van der Waals surface area contributed by atoms with Gasteiger partial charge in [0.1, 0.15) is 6.04 Å². The summed E-state index contributed by atoms with van der Waals surface area (Å²) in [6, 6.07) is 4.97. The monoisotopic (exact) mass is 254 g/mol. The summed E-state index contributed by atoms with van der Waals surface area (Å²) < 4.78 is 0. The van der Waals surface area contributed by atoms with E-state index in [9.17, 15) is 4.79 Å². The molecule has 6 heteroatoms. The van der Waals surface area contributed by atoms with E-state index in [1.54, 1.807) is 18.2 Å². The van der Waals surface area contributed by atoms with E-state index in [0.29, 0.717) is 16.4 Å². The van der Waals surface area contributed by atoms with Crippen LogP contribution in [0.4, 0.5) is 11.4 Å². The van der Waals surface area contributed by atoms with Crippen molar-refractivity contribution in [1.29, 1.82) is 0 Å². The van der Waals surface area contributed by atoms with Gasteiger partial charge in [-0.25, -0.2) is 10.4 Å². The van der Waals surface area contributed by atoms with Crippen LogP contribution in [0.25, 0.3) is 0 Å². The molecule has 1 heterocycles. The summed E-state index contributed by atoms with van der Waals surface area (Å²) in [6.45, 7) is 0.850. The van der Waals surface area contributed by atoms with Gasteiger partial charge < -0.3 is 11.1 Å². The number of carbonyl (C=O) groups excluding carboxylic acids is 1. The Morgan fingerprint density at radius 3 is 3.06 bits per heavy atom. The Kier molecular flexibility index (Phi) is 3.51. The first kappa shape index (κ1) is 12.2. The van der Waals surface area contributed by atoms with Crippen molar-refractivity contribution < 1.29 is 4.79 Å². The number of nitrogen functional groups attached to an aromatic ring is 1. The molecule has 0 bridgehead atoms. The van der Waals surface area contributed by atoms with Gasteiger partial charge in [-0.1, -0.05) is 17.7 Å². The molecule has 0 spiro atoms. The molecule has 5 nitrogen and oxygen atoms in total. The largest absolute Gasteiger partial charge is 0.396 e. The summed E-state index contributed by atoms with van der Waals surface area (Å²) in [4.78, 5) is 11.9. The van der Waals surface area contributed by atoms with E-state index in [1.807, 2.05) is 12.1 Å². The van der Waals surface area contributed by atoms with Gasteiger partial charge in [0.2, 0.25) is 5.91 Å². The minimum Gasteiger partial charge on any atom is -0.396 e. The number of para-hydroxylation sites is 1. The fourth-order valence-corrected chi connectivity index (χ4v) is 1.95. The van der Waals surface area contributed by atoms with E-state index in [2.05, 4.69) is 10.7 Å². The van der Waals surface area contributed by atoms with E-state index in [1.165, 1.54) is 0 Å². The number of nitrogens with zero attached hydrogens (tertiary/aromatic N) is 1. The molecule has 0 saturated carbocycles. The van der Waals surface area contributed by atoms with Crippen LogP contribution in [0.3, 0.4) is 0 Å². The van der Waals surface area contributed by atoms with Crippen molar-refractivity contribution in [3.05, 3.63) is 23.2 Å². The molecule has 1 aliphatic heterocycles. The summed E-state index contributed by atoms with van der Waals surface area (Å²) in [7, 11) is 1.90. The number of carbonyl (C=O) groups is 1. The molecule has 1 saturated heterocycles. The molecule has 1 aromatic rings. The lowest BCUT2D eigenvalue weighted by Gasteiger charge is -2.14. The van der Waals surface area contributed by atoms with Gasteiger partial charge in [-0.3, -0.25) is 4.79 Å². The van der Waals surface area contributed by atoms with Gasteiger partial charge in [-0.2, -0.15) is 0 Å². The highest BCUT2D eigenvalue weighted by molar-refractivity contribution is 6.33. The number of hydrazine groups is 1. The molecule has 92 valence electrons. The number of benzene rings is 1. The van der Waals surface area contributed by atoms with Crippen LogP contribution in [0.5, 0.6) is 0 Å². The summed E-state index contributed by atoms with van der Waals surface area (Å²) >= 11 is 5.88. The van der Waals surface area contributed by atoms with Crippen LogP contribution in [0.15, 0.2) is 18.2 Å². The third kappa shape index (κ3) is 2.69. The van der Waals surface area contributed by atoms with Crippen molar-refractivity contribution >= 4 is 28.9 Å². The van der Waals surface area contributed by atoms with Crippen LogP contribution in [0.2, 0.25) is 5.02 Å². The Labute approximate surface area is 105 Å². The molecule has 4 N–H and O–H groups in total. The fourth-order valence-electron chi connectivity index (χ4n) is 1.77. The SMILES string of the molecule is CN1CCC(C(=O)Nc2cccc(Cl)c2N)N1. The molecule has 0 aliphatic carbocycles. The Morgan fingerprint density at radius 1 is 1.65 bits per heavy atom. The Morgan fingerprint density at radius 2 is 2.41 bits per heavy atom. The summed E-state index contributed by atoms with van der Waals surface area (Å²) in [5.74, 6) is -0.0942. The molecule has 1 aliphatic rings. The minimum absolute atomic E-state index is 0.0942. The predicted molar refractivity (Wildman–Crippen MR) is 68.7 cm³/mol. The second-order valence-electron chi connectivity index (χ2n) is 4.08. The fraction of sp³-hybridized carbons (Fsp3) is 0.364. The average molecular weight is 255 g/mol. The number of rotatable bonds is 2. The number of nitrogens with two attached hydrogens (primary N) is 1. The topological polar surface area (TPSA) is 70.4 Å². The lowest BCUT2D eigenvalue weighted by atomic mass is 10.2. The van der Waals surface area contributed by atoms with E-state index < -0.39 is 0 Å². The highest BCUT2D eigenvalue weighted by atomic mass is 35.5. The van der Waals surface area contributed by atoms with Gasteiger partial charge >= 0.3 is 0 Å². The van der Waals surface area contributed by atoms with Crippen molar-refractivity contribution in [2.75, 3.05) is 24.6 Å². The van der Waals surface area contributed by atoms with Crippen molar-refractivity contribution in [3.63, 3.8) is 0 Å². The maximum Gasteiger partial charge on any atom is 0.242 e. The minimum atomic E-state index is -0.210. The molecule has 1 fully saturated rings. The summed E-state index contributed by atoms with van der Waals surface area (Å²) in [5, 5.41) is 5.11. The molecule has 1 atom stereocenters. The Hall–Kier alpha value is -1.30. The van der Waals surface area contributed by atoms with Gasteiger partial charge in [0.25, 0.3) is 0 Å². The lowest BCUT2D eigenvalue weighted by Crippen LogP contribution is -2.40. The van der Waals surface area contributed by atoms with Crippen molar-refractivity contribution in [2.45, 2.75) is 12.5 Å². The number of nitrogens with one attached hydrogen (secondary N) is 2. The van der Waals surface area contributed by atoms with E-state index in [4.69, 9.17) is 17.3 Å². The highest BCUT2D eigenvalue weighted by Crippen LogP contribution is 2.26. The molecule has 1 unspecified atom stereocenters. The smallest absolute Gasteiger partial charge is 0.242 e. The van der Waals surface area contributed by atoms with Crippen LogP contribution in [-0.4, -0.2) is 30.6 Å². The van der Waals surface area contributed by atoms with Gasteiger partial charge in [-0.15, -0.1) is 0 Å². The molecule has 0 aromatic heterocycles. The molecular weight excluding hydrogens is 240 g/mol. The van der Waals surface area contributed by atoms with Gasteiger partial charge in [0, 0.05) is 13.6 Å². The van der Waals surface area contributed by atoms with Crippen molar-refractivity contribution in [1.82, 2.24) is 10.4 Å². The number of hydrogen-bond donors (Lipinski definition) is 3. The number of anilines is 2. The maximum absolute atomic E-state index is 11.9. The van der Waals surface area contributed by atoms with Gasteiger partial charge in [0.15, 0.2) is 0 Å².